The minimum Gasteiger partial charge on any atom is -0.378 e. The third-order valence-corrected chi connectivity index (χ3v) is 7.46. The van der Waals surface area contributed by atoms with E-state index in [9.17, 15) is 0 Å². The lowest BCUT2D eigenvalue weighted by molar-refractivity contribution is 1.13. The fourth-order valence-corrected chi connectivity index (χ4v) is 5.27. The average molecular weight is 403 g/mol. The first kappa shape index (κ1) is 20.8. The van der Waals surface area contributed by atoms with Crippen molar-refractivity contribution in [3.63, 3.8) is 0 Å². The van der Waals surface area contributed by atoms with Crippen LogP contribution in [0.4, 0.5) is 11.4 Å². The van der Waals surface area contributed by atoms with Crippen LogP contribution in [0.1, 0.15) is 11.1 Å². The number of anilines is 2. The second-order valence-corrected chi connectivity index (χ2v) is 12.4. The molecule has 3 rings (SSSR count). The Labute approximate surface area is 175 Å². The zero-order valence-corrected chi connectivity index (χ0v) is 19.2. The fourth-order valence-electron chi connectivity index (χ4n) is 3.27. The molecule has 150 valence electrons. The van der Waals surface area contributed by atoms with Gasteiger partial charge < -0.3 is 9.80 Å². The Morgan fingerprint density at radius 2 is 1.14 bits per heavy atom. The molecule has 0 spiro atoms. The molecule has 5 heteroatoms. The van der Waals surface area contributed by atoms with Gasteiger partial charge in [-0.2, -0.15) is 0 Å². The molecule has 0 fully saturated rings. The summed E-state index contributed by atoms with van der Waals surface area (Å²) < 4.78 is 0. The molecule has 3 aromatic rings. The first-order valence-electron chi connectivity index (χ1n) is 9.84. The van der Waals surface area contributed by atoms with E-state index in [2.05, 4.69) is 115 Å². The largest absolute Gasteiger partial charge is 0.378 e. The van der Waals surface area contributed by atoms with Crippen molar-refractivity contribution in [3.8, 4) is 0 Å². The summed E-state index contributed by atoms with van der Waals surface area (Å²) in [5, 5.41) is 0. The summed E-state index contributed by atoms with van der Waals surface area (Å²) in [7, 11) is 6.27. The summed E-state index contributed by atoms with van der Waals surface area (Å²) >= 11 is 0. The van der Waals surface area contributed by atoms with Crippen molar-refractivity contribution < 1.29 is 0 Å². The van der Waals surface area contributed by atoms with Crippen molar-refractivity contribution in [2.45, 2.75) is 13.1 Å². The molecule has 0 unspecified atom stereocenters. The van der Waals surface area contributed by atoms with Crippen molar-refractivity contribution >= 4 is 30.5 Å². The summed E-state index contributed by atoms with van der Waals surface area (Å²) in [5.41, 5.74) is 9.42. The van der Waals surface area contributed by atoms with Gasteiger partial charge in [0.2, 0.25) is 0 Å². The van der Waals surface area contributed by atoms with Crippen LogP contribution in [0, 0.1) is 0 Å². The Morgan fingerprint density at radius 1 is 0.724 bits per heavy atom. The van der Waals surface area contributed by atoms with E-state index in [4.69, 9.17) is 0 Å². The lowest BCUT2D eigenvalue weighted by atomic mass is 9.99. The van der Waals surface area contributed by atoms with Crippen molar-refractivity contribution in [1.29, 1.82) is 0 Å². The summed E-state index contributed by atoms with van der Waals surface area (Å²) in [6.07, 6.45) is 3.67. The molecule has 1 heterocycles. The van der Waals surface area contributed by atoms with Gasteiger partial charge in [-0.05, 0) is 47.0 Å². The molecule has 0 amide bonds. The van der Waals surface area contributed by atoms with E-state index in [-0.39, 0.29) is 0 Å². The summed E-state index contributed by atoms with van der Waals surface area (Å²) in [5.74, 6) is 0. The second-order valence-electron chi connectivity index (χ2n) is 8.23. The topological polar surface area (TPSA) is 32.3 Å². The van der Waals surface area contributed by atoms with E-state index in [0.29, 0.717) is 0 Å². The van der Waals surface area contributed by atoms with E-state index >= 15 is 0 Å². The first-order valence-corrected chi connectivity index (χ1v) is 12.9. The fraction of sp³-hybridized carbons (Fsp3) is 0.250. The number of benzene rings is 2. The monoisotopic (exact) mass is 402 g/mol. The highest BCUT2D eigenvalue weighted by molar-refractivity contribution is 6.93. The minimum absolute atomic E-state index is 0.951. The maximum Gasteiger partial charge on any atom is 0.152 e. The maximum atomic E-state index is 4.56. The predicted molar refractivity (Wildman–Crippen MR) is 128 cm³/mol. The van der Waals surface area contributed by atoms with E-state index in [1.54, 1.807) is 0 Å². The standard InChI is InChI=1S/C24H30N4Si/c1-27(2)21-12-8-19(9-13-21)23(20-10-14-22(15-11-20)28(3)4)18-29(5,6)24-25-16-7-17-26-24/h7-18H,1-6H3. The average Bonchev–Trinajstić information content (AvgIpc) is 2.73. The molecule has 0 bridgehead atoms. The van der Waals surface area contributed by atoms with E-state index in [0.717, 1.165) is 5.45 Å². The van der Waals surface area contributed by atoms with Crippen molar-refractivity contribution in [1.82, 2.24) is 9.97 Å². The van der Waals surface area contributed by atoms with Crippen LogP contribution in [0.3, 0.4) is 0 Å². The quantitative estimate of drug-likeness (QED) is 0.579. The van der Waals surface area contributed by atoms with Crippen LogP contribution in [-0.4, -0.2) is 46.2 Å². The highest BCUT2D eigenvalue weighted by Gasteiger charge is 2.25. The van der Waals surface area contributed by atoms with Crippen molar-refractivity contribution in [2.24, 2.45) is 0 Å². The molecule has 29 heavy (non-hydrogen) atoms. The molecule has 0 saturated heterocycles. The number of nitrogens with zero attached hydrogens (tertiary/aromatic N) is 4. The number of hydrogen-bond acceptors (Lipinski definition) is 4. The maximum absolute atomic E-state index is 4.56. The number of rotatable bonds is 6. The van der Waals surface area contributed by atoms with Crippen LogP contribution in [0.25, 0.3) is 5.57 Å². The van der Waals surface area contributed by atoms with Crippen LogP contribution in [0.15, 0.2) is 72.7 Å². The molecule has 4 nitrogen and oxygen atoms in total. The van der Waals surface area contributed by atoms with Crippen LogP contribution >= 0.6 is 0 Å². The lowest BCUT2D eigenvalue weighted by Gasteiger charge is -2.20. The van der Waals surface area contributed by atoms with Gasteiger partial charge in [0.1, 0.15) is 5.45 Å². The van der Waals surface area contributed by atoms with Gasteiger partial charge in [0.25, 0.3) is 0 Å². The first-order chi connectivity index (χ1) is 13.8. The van der Waals surface area contributed by atoms with Gasteiger partial charge in [-0.15, -0.1) is 0 Å². The molecule has 0 aliphatic rings. The zero-order valence-electron chi connectivity index (χ0n) is 18.2. The highest BCUT2D eigenvalue weighted by Crippen LogP contribution is 2.28. The Balaban J connectivity index is 2.10. The van der Waals surface area contributed by atoms with Gasteiger partial charge in [0, 0.05) is 52.0 Å². The molecule has 0 saturated carbocycles. The van der Waals surface area contributed by atoms with E-state index < -0.39 is 8.07 Å². The lowest BCUT2D eigenvalue weighted by Crippen LogP contribution is -2.44. The van der Waals surface area contributed by atoms with E-state index in [1.165, 1.54) is 28.1 Å². The second kappa shape index (κ2) is 8.62. The molecule has 0 aliphatic carbocycles. The Hall–Kier alpha value is -2.92. The van der Waals surface area contributed by atoms with Crippen molar-refractivity contribution in [2.75, 3.05) is 38.0 Å². The Bertz CT molecular complexity index is 907. The van der Waals surface area contributed by atoms with Gasteiger partial charge >= 0.3 is 0 Å². The molecule has 0 radical (unpaired) electrons. The molecule has 0 aliphatic heterocycles. The van der Waals surface area contributed by atoms with Gasteiger partial charge in [-0.25, -0.2) is 9.97 Å². The van der Waals surface area contributed by atoms with Crippen LogP contribution in [0.5, 0.6) is 0 Å². The van der Waals surface area contributed by atoms with Gasteiger partial charge in [0.15, 0.2) is 8.07 Å². The summed E-state index contributed by atoms with van der Waals surface area (Å²) in [6, 6.07) is 19.4. The van der Waals surface area contributed by atoms with E-state index in [1.807, 2.05) is 18.5 Å². The predicted octanol–water partition coefficient (Wildman–Crippen LogP) is 4.20. The Morgan fingerprint density at radius 3 is 1.52 bits per heavy atom. The molecular weight excluding hydrogens is 372 g/mol. The van der Waals surface area contributed by atoms with Crippen molar-refractivity contribution in [3.05, 3.63) is 83.8 Å². The Kier molecular flexibility index (Phi) is 6.18. The van der Waals surface area contributed by atoms with Crippen LogP contribution in [-0.2, 0) is 0 Å². The molecule has 0 atom stereocenters. The minimum atomic E-state index is -1.98. The molecule has 2 aromatic carbocycles. The highest BCUT2D eigenvalue weighted by atomic mass is 28.3. The summed E-state index contributed by atoms with van der Waals surface area (Å²) in [6.45, 7) is 4.59. The molecule has 1 aromatic heterocycles. The van der Waals surface area contributed by atoms with Gasteiger partial charge in [-0.3, -0.25) is 0 Å². The normalized spacial score (nSPS) is 11.1. The van der Waals surface area contributed by atoms with Crippen LogP contribution < -0.4 is 15.2 Å². The van der Waals surface area contributed by atoms with Crippen LogP contribution in [0.2, 0.25) is 13.1 Å². The number of hydrogen-bond donors (Lipinski definition) is 0. The third kappa shape index (κ3) is 4.92. The molecular formula is C24H30N4Si. The smallest absolute Gasteiger partial charge is 0.152 e. The molecule has 0 N–H and O–H groups in total. The zero-order chi connectivity index (χ0) is 21.0. The van der Waals surface area contributed by atoms with Gasteiger partial charge in [0.05, 0.1) is 0 Å². The number of aromatic nitrogens is 2. The third-order valence-electron chi connectivity index (χ3n) is 5.04. The van der Waals surface area contributed by atoms with Gasteiger partial charge in [-0.1, -0.05) is 43.1 Å². The summed E-state index contributed by atoms with van der Waals surface area (Å²) in [4.78, 5) is 13.4. The SMILES string of the molecule is CN(C)c1ccc(C(=C[Si](C)(C)c2ncccn2)c2ccc(N(C)C)cc2)cc1.